The van der Waals surface area contributed by atoms with Crippen molar-refractivity contribution in [3.05, 3.63) is 0 Å². The lowest BCUT2D eigenvalue weighted by atomic mass is 9.88. The summed E-state index contributed by atoms with van der Waals surface area (Å²) in [4.78, 5) is 4.21. The lowest BCUT2D eigenvalue weighted by Crippen LogP contribution is -2.18. The lowest BCUT2D eigenvalue weighted by molar-refractivity contribution is 0.329. The molecule has 0 aromatic carbocycles. The minimum absolute atomic E-state index is 0.536. The Morgan fingerprint density at radius 3 is 2.55 bits per heavy atom. The zero-order chi connectivity index (χ0) is 7.84. The van der Waals surface area contributed by atoms with Gasteiger partial charge in [-0.1, -0.05) is 6.92 Å². The van der Waals surface area contributed by atoms with E-state index in [9.17, 15) is 0 Å². The van der Waals surface area contributed by atoms with Crippen LogP contribution in [0.1, 0.15) is 26.2 Å². The molecule has 2 aliphatic carbocycles. The summed E-state index contributed by atoms with van der Waals surface area (Å²) in [6, 6.07) is 0.536. The highest BCUT2D eigenvalue weighted by Gasteiger charge is 2.43. The standard InChI is InChI=1S/C9H13NS/c1-6-2-8-3-7(6)4-9(8)10-5-11/h6-9H,2-4H2,1H3. The van der Waals surface area contributed by atoms with Crippen molar-refractivity contribution in [1.82, 2.24) is 0 Å². The van der Waals surface area contributed by atoms with E-state index >= 15 is 0 Å². The summed E-state index contributed by atoms with van der Waals surface area (Å²) < 4.78 is 0. The predicted molar refractivity (Wildman–Crippen MR) is 48.8 cm³/mol. The Morgan fingerprint density at radius 2 is 2.09 bits per heavy atom. The van der Waals surface area contributed by atoms with Crippen LogP contribution >= 0.6 is 12.2 Å². The van der Waals surface area contributed by atoms with Crippen LogP contribution in [0.5, 0.6) is 0 Å². The molecule has 0 saturated heterocycles. The molecule has 0 heterocycles. The summed E-state index contributed by atoms with van der Waals surface area (Å²) in [6.07, 6.45) is 4.04. The van der Waals surface area contributed by atoms with Gasteiger partial charge in [-0.25, -0.2) is 4.99 Å². The quantitative estimate of drug-likeness (QED) is 0.432. The largest absolute Gasteiger partial charge is 0.229 e. The number of thiocarbonyl (C=S) groups is 1. The molecule has 2 bridgehead atoms. The number of hydrogen-bond acceptors (Lipinski definition) is 2. The topological polar surface area (TPSA) is 12.4 Å². The van der Waals surface area contributed by atoms with Crippen LogP contribution in [0.4, 0.5) is 0 Å². The van der Waals surface area contributed by atoms with Gasteiger partial charge in [-0.2, -0.15) is 0 Å². The van der Waals surface area contributed by atoms with Crippen molar-refractivity contribution in [2.75, 3.05) is 0 Å². The molecule has 0 aromatic heterocycles. The summed E-state index contributed by atoms with van der Waals surface area (Å²) in [5.41, 5.74) is 0. The zero-order valence-electron chi connectivity index (χ0n) is 6.79. The third-order valence-electron chi connectivity index (χ3n) is 3.39. The summed E-state index contributed by atoms with van der Waals surface area (Å²) in [5, 5.41) is 2.52. The molecule has 2 saturated carbocycles. The normalized spacial score (nSPS) is 47.4. The second-order valence-electron chi connectivity index (χ2n) is 3.99. The number of aliphatic imine (C=N–C) groups is 1. The van der Waals surface area contributed by atoms with Crippen LogP contribution in [0.25, 0.3) is 0 Å². The maximum atomic E-state index is 4.62. The molecule has 0 radical (unpaired) electrons. The molecule has 11 heavy (non-hydrogen) atoms. The maximum absolute atomic E-state index is 4.62. The SMILES string of the molecule is CC1CC2CC1CC2N=C=S. The predicted octanol–water partition coefficient (Wildman–Crippen LogP) is 2.52. The molecule has 0 aliphatic heterocycles. The van der Waals surface area contributed by atoms with Gasteiger partial charge in [0.25, 0.3) is 0 Å². The van der Waals surface area contributed by atoms with E-state index in [-0.39, 0.29) is 0 Å². The van der Waals surface area contributed by atoms with Gasteiger partial charge < -0.3 is 0 Å². The van der Waals surface area contributed by atoms with E-state index in [1.807, 2.05) is 0 Å². The number of hydrogen-bond donors (Lipinski definition) is 0. The van der Waals surface area contributed by atoms with E-state index in [1.54, 1.807) is 0 Å². The molecule has 1 nitrogen and oxygen atoms in total. The number of isothiocyanates is 1. The van der Waals surface area contributed by atoms with Crippen LogP contribution in [-0.4, -0.2) is 11.2 Å². The van der Waals surface area contributed by atoms with Crippen LogP contribution in [0.15, 0.2) is 4.99 Å². The van der Waals surface area contributed by atoms with E-state index in [4.69, 9.17) is 0 Å². The van der Waals surface area contributed by atoms with E-state index in [1.165, 1.54) is 19.3 Å². The molecular weight excluding hydrogens is 154 g/mol. The van der Waals surface area contributed by atoms with Crippen molar-refractivity contribution in [1.29, 1.82) is 0 Å². The van der Waals surface area contributed by atoms with Crippen molar-refractivity contribution in [2.45, 2.75) is 32.2 Å². The second-order valence-corrected chi connectivity index (χ2v) is 4.17. The summed E-state index contributed by atoms with van der Waals surface area (Å²) in [6.45, 7) is 2.36. The maximum Gasteiger partial charge on any atom is 0.0633 e. The smallest absolute Gasteiger partial charge is 0.0633 e. The highest BCUT2D eigenvalue weighted by atomic mass is 32.1. The fraction of sp³-hybridized carbons (Fsp3) is 0.889. The van der Waals surface area contributed by atoms with Crippen LogP contribution in [0.3, 0.4) is 0 Å². The molecule has 2 rings (SSSR count). The second kappa shape index (κ2) is 2.69. The van der Waals surface area contributed by atoms with Gasteiger partial charge in [-0.15, -0.1) is 0 Å². The van der Waals surface area contributed by atoms with Crippen molar-refractivity contribution < 1.29 is 0 Å². The van der Waals surface area contributed by atoms with Crippen molar-refractivity contribution in [3.8, 4) is 0 Å². The van der Waals surface area contributed by atoms with Gasteiger partial charge in [0.1, 0.15) is 0 Å². The van der Waals surface area contributed by atoms with Crippen LogP contribution < -0.4 is 0 Å². The molecule has 0 N–H and O–H groups in total. The molecule has 0 aromatic rings. The molecular formula is C9H13NS. The van der Waals surface area contributed by atoms with Crippen molar-refractivity contribution in [2.24, 2.45) is 22.7 Å². The first-order valence-electron chi connectivity index (χ1n) is 4.38. The Hall–Kier alpha value is -0.200. The Morgan fingerprint density at radius 1 is 1.27 bits per heavy atom. The average molecular weight is 167 g/mol. The molecule has 0 spiro atoms. The summed E-state index contributed by atoms with van der Waals surface area (Å²) in [5.74, 6) is 2.72. The third kappa shape index (κ3) is 1.15. The number of fused-ring (bicyclic) bond motifs is 2. The fourth-order valence-electron chi connectivity index (χ4n) is 2.76. The monoisotopic (exact) mass is 167 g/mol. The van der Waals surface area contributed by atoms with Gasteiger partial charge in [0.15, 0.2) is 0 Å². The lowest BCUT2D eigenvalue weighted by Gasteiger charge is -2.21. The Balaban J connectivity index is 2.08. The molecule has 4 unspecified atom stereocenters. The van der Waals surface area contributed by atoms with Crippen LogP contribution in [0.2, 0.25) is 0 Å². The van der Waals surface area contributed by atoms with Crippen molar-refractivity contribution in [3.63, 3.8) is 0 Å². The van der Waals surface area contributed by atoms with Gasteiger partial charge in [0.05, 0.1) is 11.2 Å². The van der Waals surface area contributed by atoms with Gasteiger partial charge in [-0.3, -0.25) is 0 Å². The minimum Gasteiger partial charge on any atom is -0.229 e. The highest BCUT2D eigenvalue weighted by molar-refractivity contribution is 7.78. The Kier molecular flexibility index (Phi) is 1.82. The van der Waals surface area contributed by atoms with Gasteiger partial charge in [0.2, 0.25) is 0 Å². The molecule has 60 valence electrons. The zero-order valence-corrected chi connectivity index (χ0v) is 7.60. The average Bonchev–Trinajstić information content (AvgIpc) is 2.47. The summed E-state index contributed by atoms with van der Waals surface area (Å²) in [7, 11) is 0. The van der Waals surface area contributed by atoms with Crippen LogP contribution in [-0.2, 0) is 0 Å². The highest BCUT2D eigenvalue weighted by Crippen LogP contribution is 2.49. The molecule has 0 amide bonds. The molecule has 4 atom stereocenters. The van der Waals surface area contributed by atoms with Crippen molar-refractivity contribution >= 4 is 17.4 Å². The van der Waals surface area contributed by atoms with E-state index in [0.717, 1.165) is 17.8 Å². The van der Waals surface area contributed by atoms with E-state index < -0.39 is 0 Å². The fourth-order valence-corrected chi connectivity index (χ4v) is 2.89. The first-order chi connectivity index (χ1) is 5.31. The van der Waals surface area contributed by atoms with Gasteiger partial charge >= 0.3 is 0 Å². The van der Waals surface area contributed by atoms with Gasteiger partial charge in [0, 0.05) is 0 Å². The number of rotatable bonds is 1. The number of nitrogens with zero attached hydrogens (tertiary/aromatic N) is 1. The molecule has 2 heteroatoms. The molecule has 2 fully saturated rings. The first kappa shape index (κ1) is 7.45. The summed E-state index contributed by atoms with van der Waals surface area (Å²) >= 11 is 4.62. The first-order valence-corrected chi connectivity index (χ1v) is 4.79. The van der Waals surface area contributed by atoms with Crippen LogP contribution in [0, 0.1) is 17.8 Å². The minimum atomic E-state index is 0.536. The van der Waals surface area contributed by atoms with E-state index in [2.05, 4.69) is 29.3 Å². The van der Waals surface area contributed by atoms with Gasteiger partial charge in [-0.05, 0) is 49.2 Å². The Labute approximate surface area is 72.9 Å². The Bertz CT molecular complexity index is 206. The third-order valence-corrected chi connectivity index (χ3v) is 3.50. The molecule has 2 aliphatic rings. The van der Waals surface area contributed by atoms with E-state index in [0.29, 0.717) is 6.04 Å².